The van der Waals surface area contributed by atoms with Crippen LogP contribution >= 0.6 is 30.3 Å². The van der Waals surface area contributed by atoms with Gasteiger partial charge in [-0.3, -0.25) is 18.7 Å². The number of aryl methyl sites for hydroxylation is 1. The molecule has 190 valence electrons. The van der Waals surface area contributed by atoms with Crippen molar-refractivity contribution in [1.82, 2.24) is 13.9 Å². The lowest BCUT2D eigenvalue weighted by atomic mass is 9.93. The molecule has 0 bridgehead atoms. The Labute approximate surface area is 226 Å². The molecule has 0 atom stereocenters. The summed E-state index contributed by atoms with van der Waals surface area (Å²) in [5.74, 6) is 0. The number of rotatable bonds is 11. The predicted octanol–water partition coefficient (Wildman–Crippen LogP) is 7.76. The second-order valence-corrected chi connectivity index (χ2v) is 10.8. The molecule has 35 heavy (non-hydrogen) atoms. The Morgan fingerprint density at radius 3 is 2.63 bits per heavy atom. The molecular weight excluding hydrogens is 569 g/mol. The molecule has 0 aliphatic carbocycles. The number of aromatic nitrogens is 2. The van der Waals surface area contributed by atoms with Crippen LogP contribution in [0.3, 0.4) is 0 Å². The molecule has 0 spiro atoms. The van der Waals surface area contributed by atoms with E-state index < -0.39 is 0 Å². The van der Waals surface area contributed by atoms with Gasteiger partial charge in [0.2, 0.25) is 0 Å². The molecular formula is C28H38IN3O2S. The Kier molecular flexibility index (Phi) is 11.9. The molecule has 0 unspecified atom stereocenters. The van der Waals surface area contributed by atoms with Gasteiger partial charge >= 0.3 is 0 Å². The molecule has 1 aliphatic rings. The van der Waals surface area contributed by atoms with Gasteiger partial charge in [-0.05, 0) is 55.5 Å². The average Bonchev–Trinajstić information content (AvgIpc) is 3.22. The van der Waals surface area contributed by atoms with Crippen LogP contribution in [0, 0.1) is 6.92 Å². The van der Waals surface area contributed by atoms with Crippen molar-refractivity contribution < 1.29 is 9.53 Å². The van der Waals surface area contributed by atoms with Gasteiger partial charge in [-0.15, -0.1) is 0 Å². The molecule has 0 N–H and O–H groups in total. The Bertz CT molecular complexity index is 1090. The fraction of sp³-hybridized carbons (Fsp3) is 0.500. The highest BCUT2D eigenvalue weighted by Crippen LogP contribution is 2.35. The van der Waals surface area contributed by atoms with Gasteiger partial charge in [-0.25, -0.2) is 0 Å². The topological polar surface area (TPSA) is 47.4 Å². The molecule has 1 aliphatic heterocycles. The van der Waals surface area contributed by atoms with Gasteiger partial charge in [-0.2, -0.15) is 0 Å². The maximum atomic E-state index is 9.18. The zero-order chi connectivity index (χ0) is 25.0. The largest absolute Gasteiger partial charge is 0.468 e. The van der Waals surface area contributed by atoms with Gasteiger partial charge in [0.1, 0.15) is 0 Å². The molecule has 0 fully saturated rings. The summed E-state index contributed by atoms with van der Waals surface area (Å²) in [7, 11) is 1.70. The standard InChI is InChI=1S/C25H32IN3S.C3H6O2/c1-3-4-5-6-7-8-12-28-13-11-20-14-21(9-10-22(20)18-28)23-15-27-16-24-25(23)19(2)17-29(24)30-26;1-2-5-3-4/h9-10,14-17H,3-8,11-13,18H2,1-2H3;3H,2H2,1H3. The van der Waals surface area contributed by atoms with E-state index in [1.165, 1.54) is 90.3 Å². The van der Waals surface area contributed by atoms with Crippen LogP contribution in [0.4, 0.5) is 0 Å². The van der Waals surface area contributed by atoms with Crippen LogP contribution < -0.4 is 0 Å². The van der Waals surface area contributed by atoms with E-state index in [2.05, 4.69) is 78.0 Å². The van der Waals surface area contributed by atoms with Crippen molar-refractivity contribution in [1.29, 1.82) is 0 Å². The molecule has 3 aromatic rings. The second kappa shape index (κ2) is 14.9. The fourth-order valence-corrected chi connectivity index (χ4v) is 6.16. The van der Waals surface area contributed by atoms with Crippen LogP contribution in [0.15, 0.2) is 36.8 Å². The van der Waals surface area contributed by atoms with Crippen LogP contribution in [-0.4, -0.2) is 40.0 Å². The number of carbonyl (C=O) groups is 1. The summed E-state index contributed by atoms with van der Waals surface area (Å²) in [6.07, 6.45) is 15.6. The number of nitrogens with zero attached hydrogens (tertiary/aromatic N) is 3. The van der Waals surface area contributed by atoms with Crippen molar-refractivity contribution in [3.8, 4) is 11.1 Å². The molecule has 1 aromatic carbocycles. The Hall–Kier alpha value is -1.58. The van der Waals surface area contributed by atoms with E-state index in [-0.39, 0.29) is 0 Å². The van der Waals surface area contributed by atoms with Gasteiger partial charge in [0.05, 0.1) is 18.3 Å². The van der Waals surface area contributed by atoms with Crippen molar-refractivity contribution in [2.75, 3.05) is 19.7 Å². The zero-order valence-electron chi connectivity index (χ0n) is 21.3. The van der Waals surface area contributed by atoms with E-state index in [9.17, 15) is 4.79 Å². The van der Waals surface area contributed by atoms with Crippen molar-refractivity contribution in [3.63, 3.8) is 0 Å². The molecule has 0 saturated carbocycles. The van der Waals surface area contributed by atoms with Crippen LogP contribution in [0.25, 0.3) is 22.0 Å². The maximum Gasteiger partial charge on any atom is 0.293 e. The summed E-state index contributed by atoms with van der Waals surface area (Å²) >= 11 is 2.34. The van der Waals surface area contributed by atoms with Crippen molar-refractivity contribution >= 4 is 47.7 Å². The fourth-order valence-electron chi connectivity index (χ4n) is 4.77. The molecule has 7 heteroatoms. The molecule has 3 heterocycles. The van der Waals surface area contributed by atoms with Crippen LogP contribution in [0.2, 0.25) is 0 Å². The normalized spacial score (nSPS) is 13.3. The number of carbonyl (C=O) groups excluding carboxylic acids is 1. The van der Waals surface area contributed by atoms with Crippen molar-refractivity contribution in [2.45, 2.75) is 72.3 Å². The van der Waals surface area contributed by atoms with Crippen molar-refractivity contribution in [2.24, 2.45) is 0 Å². The molecule has 5 nitrogen and oxygen atoms in total. The quantitative estimate of drug-likeness (QED) is 0.127. The van der Waals surface area contributed by atoms with Gasteiger partial charge in [0.15, 0.2) is 0 Å². The lowest BCUT2D eigenvalue weighted by molar-refractivity contribution is -0.128. The minimum atomic E-state index is 0.431. The highest BCUT2D eigenvalue weighted by molar-refractivity contribution is 14.2. The maximum absolute atomic E-state index is 9.18. The van der Waals surface area contributed by atoms with Gasteiger partial charge in [-0.1, -0.05) is 57.2 Å². The second-order valence-electron chi connectivity index (χ2n) is 9.12. The lowest BCUT2D eigenvalue weighted by Gasteiger charge is -2.29. The summed E-state index contributed by atoms with van der Waals surface area (Å²) < 4.78 is 6.36. The smallest absolute Gasteiger partial charge is 0.293 e. The monoisotopic (exact) mass is 607 g/mol. The number of benzene rings is 1. The number of pyridine rings is 1. The first-order valence-electron chi connectivity index (χ1n) is 12.8. The first-order chi connectivity index (χ1) is 17.1. The molecule has 0 saturated heterocycles. The number of hydrogen-bond acceptors (Lipinski definition) is 5. The number of unbranched alkanes of at least 4 members (excludes halogenated alkanes) is 5. The number of hydrogen-bond donors (Lipinski definition) is 0. The predicted molar refractivity (Wildman–Crippen MR) is 157 cm³/mol. The van der Waals surface area contributed by atoms with E-state index in [1.807, 2.05) is 12.4 Å². The molecule has 2 aromatic heterocycles. The minimum absolute atomic E-state index is 0.431. The summed E-state index contributed by atoms with van der Waals surface area (Å²) in [6, 6.07) is 7.08. The summed E-state index contributed by atoms with van der Waals surface area (Å²) in [6.45, 7) is 10.7. The number of fused-ring (bicyclic) bond motifs is 2. The van der Waals surface area contributed by atoms with Crippen molar-refractivity contribution in [3.05, 3.63) is 53.5 Å². The van der Waals surface area contributed by atoms with Gasteiger partial charge in [0.25, 0.3) is 6.47 Å². The first-order valence-corrected chi connectivity index (χ1v) is 16.1. The number of halogens is 1. The SMILES string of the molecule is CCCCCCCCN1CCc2cc(-c3cncc4c3c(C)cn4SI)ccc2C1.CCOC=O. The van der Waals surface area contributed by atoms with E-state index >= 15 is 0 Å². The van der Waals surface area contributed by atoms with E-state index in [1.54, 1.807) is 16.0 Å². The highest BCUT2D eigenvalue weighted by Gasteiger charge is 2.18. The minimum Gasteiger partial charge on any atom is -0.468 e. The first kappa shape index (κ1) is 28.0. The zero-order valence-corrected chi connectivity index (χ0v) is 24.2. The Morgan fingerprint density at radius 1 is 1.11 bits per heavy atom. The lowest BCUT2D eigenvalue weighted by Crippen LogP contribution is -2.31. The van der Waals surface area contributed by atoms with E-state index in [0.29, 0.717) is 13.1 Å². The highest BCUT2D eigenvalue weighted by atomic mass is 127. The molecule has 0 amide bonds. The number of ether oxygens (including phenoxy) is 1. The van der Waals surface area contributed by atoms with Gasteiger partial charge < -0.3 is 4.74 Å². The van der Waals surface area contributed by atoms with Gasteiger partial charge in [0, 0.05) is 66.8 Å². The Morgan fingerprint density at radius 2 is 1.91 bits per heavy atom. The third kappa shape index (κ3) is 7.70. The molecule has 0 radical (unpaired) electrons. The third-order valence-corrected chi connectivity index (χ3v) is 8.34. The third-order valence-electron chi connectivity index (χ3n) is 6.61. The summed E-state index contributed by atoms with van der Waals surface area (Å²) in [5.41, 5.74) is 8.10. The average molecular weight is 608 g/mol. The van der Waals surface area contributed by atoms with E-state index in [4.69, 9.17) is 0 Å². The Balaban J connectivity index is 0.000000623. The van der Waals surface area contributed by atoms with Crippen LogP contribution in [-0.2, 0) is 22.5 Å². The van der Waals surface area contributed by atoms with E-state index in [0.717, 1.165) is 13.0 Å². The summed E-state index contributed by atoms with van der Waals surface area (Å²) in [4.78, 5) is 16.4. The van der Waals surface area contributed by atoms with Crippen LogP contribution in [0.5, 0.6) is 0 Å². The summed E-state index contributed by atoms with van der Waals surface area (Å²) in [5, 5.41) is 1.33. The molecule has 4 rings (SSSR count). The van der Waals surface area contributed by atoms with Crippen LogP contribution in [0.1, 0.15) is 69.1 Å².